The smallest absolute Gasteiger partial charge is 0.237 e. The van der Waals surface area contributed by atoms with Gasteiger partial charge in [0.25, 0.3) is 0 Å². The molecular weight excluding hydrogens is 496 g/mol. The molecule has 5 nitrogen and oxygen atoms in total. The Bertz CT molecular complexity index is 656. The molecule has 0 aliphatic heterocycles. The van der Waals surface area contributed by atoms with Crippen molar-refractivity contribution < 1.29 is 34.7 Å². The first kappa shape index (κ1) is 21.2. The molecule has 0 fully saturated rings. The van der Waals surface area contributed by atoms with E-state index in [1.54, 1.807) is 13.8 Å². The first-order chi connectivity index (χ1) is 11.6. The number of hydrogen-bond acceptors (Lipinski definition) is 5. The molecule has 6 heteroatoms. The van der Waals surface area contributed by atoms with Crippen molar-refractivity contribution in [1.82, 2.24) is 10.2 Å². The van der Waals surface area contributed by atoms with Crippen molar-refractivity contribution in [3.8, 4) is 22.9 Å². The summed E-state index contributed by atoms with van der Waals surface area (Å²) >= 11 is 0. The van der Waals surface area contributed by atoms with Crippen molar-refractivity contribution in [2.45, 2.75) is 32.5 Å². The summed E-state index contributed by atoms with van der Waals surface area (Å²) in [6.45, 7) is 3.32. The van der Waals surface area contributed by atoms with E-state index < -0.39 is 0 Å². The molecule has 1 heterocycles. The summed E-state index contributed by atoms with van der Waals surface area (Å²) in [6.07, 6.45) is -0.278. The molecule has 3 rings (SSSR count). The summed E-state index contributed by atoms with van der Waals surface area (Å²) in [5.74, 6) is 1.02. The predicted molar refractivity (Wildman–Crippen MR) is 92.0 cm³/mol. The number of aliphatic hydroxyl groups excluding tert-OH is 2. The van der Waals surface area contributed by atoms with Crippen LogP contribution in [0.2, 0.25) is 0 Å². The number of nitrogens with zero attached hydrogens (tertiary/aromatic N) is 2. The quantitative estimate of drug-likeness (QED) is 0.519. The van der Waals surface area contributed by atoms with Gasteiger partial charge in [0.15, 0.2) is 5.89 Å². The van der Waals surface area contributed by atoms with Gasteiger partial charge in [0, 0.05) is 25.7 Å². The Kier molecular flexibility index (Phi) is 9.24. The van der Waals surface area contributed by atoms with Gasteiger partial charge < -0.3 is 14.6 Å². The Morgan fingerprint density at radius 2 is 1.52 bits per heavy atom. The molecule has 0 spiro atoms. The molecule has 0 bridgehead atoms. The van der Waals surface area contributed by atoms with E-state index in [1.807, 2.05) is 54.6 Å². The minimum atomic E-state index is -0.375. The van der Waals surface area contributed by atoms with Gasteiger partial charge in [-0.3, -0.25) is 0 Å². The average Bonchev–Trinajstić information content (AvgIpc) is 3.06. The van der Waals surface area contributed by atoms with E-state index in [2.05, 4.69) is 16.3 Å². The van der Waals surface area contributed by atoms with E-state index in [1.165, 1.54) is 0 Å². The zero-order valence-corrected chi connectivity index (χ0v) is 16.5. The molecule has 2 aromatic carbocycles. The summed E-state index contributed by atoms with van der Waals surface area (Å²) < 4.78 is 5.60. The zero-order chi connectivity index (χ0) is 17.4. The van der Waals surface area contributed by atoms with E-state index in [9.17, 15) is 0 Å². The van der Waals surface area contributed by atoms with Crippen LogP contribution in [-0.2, 0) is 20.1 Å². The molecule has 3 aromatic rings. The van der Waals surface area contributed by atoms with Crippen LogP contribution in [0.1, 0.15) is 20.3 Å². The second-order valence-corrected chi connectivity index (χ2v) is 5.49. The third kappa shape index (κ3) is 7.28. The van der Waals surface area contributed by atoms with Crippen LogP contribution in [0.5, 0.6) is 0 Å². The van der Waals surface area contributed by atoms with Crippen molar-refractivity contribution in [3.05, 3.63) is 60.7 Å². The van der Waals surface area contributed by atoms with E-state index in [0.29, 0.717) is 18.2 Å². The van der Waals surface area contributed by atoms with Crippen LogP contribution in [0, 0.1) is 6.07 Å². The van der Waals surface area contributed by atoms with Crippen LogP contribution in [0.3, 0.4) is 0 Å². The summed E-state index contributed by atoms with van der Waals surface area (Å²) in [5, 5.41) is 25.2. The molecule has 1 aromatic heterocycles. The van der Waals surface area contributed by atoms with Gasteiger partial charge in [-0.2, -0.15) is 5.10 Å². The van der Waals surface area contributed by atoms with Crippen molar-refractivity contribution in [1.29, 1.82) is 0 Å². The van der Waals surface area contributed by atoms with Gasteiger partial charge in [-0.15, -0.1) is 35.4 Å². The third-order valence-corrected chi connectivity index (χ3v) is 3.07. The number of rotatable bonds is 4. The third-order valence-electron chi connectivity index (χ3n) is 3.07. The van der Waals surface area contributed by atoms with Gasteiger partial charge in [-0.25, -0.2) is 0 Å². The fraction of sp³-hybridized carbons (Fsp3) is 0.263. The van der Waals surface area contributed by atoms with Crippen molar-refractivity contribution in [2.75, 3.05) is 0 Å². The molecule has 0 aliphatic carbocycles. The molecule has 0 amide bonds. The first-order valence-electron chi connectivity index (χ1n) is 7.78. The largest absolute Gasteiger partial charge is 0.464 e. The van der Waals surface area contributed by atoms with Crippen molar-refractivity contribution in [3.63, 3.8) is 0 Å². The van der Waals surface area contributed by atoms with Gasteiger partial charge >= 0.3 is 0 Å². The fourth-order valence-electron chi connectivity index (χ4n) is 2.05. The van der Waals surface area contributed by atoms with E-state index >= 15 is 0 Å². The standard InChI is InChI=1S/C14H9N2O.C5H12O2.Ir/c1-3-7-11(8-4-1)13-15-16-14(17-13)12-9-5-2-6-10-12;1-4(6)3-5(2)7;/h1-9H;4-7H,3H2,1-2H3;/q-1;;. The molecule has 0 aliphatic rings. The van der Waals surface area contributed by atoms with Gasteiger partial charge in [-0.05, 0) is 32.4 Å². The van der Waals surface area contributed by atoms with Crippen molar-refractivity contribution in [2.24, 2.45) is 0 Å². The van der Waals surface area contributed by atoms with Crippen LogP contribution in [-0.4, -0.2) is 32.6 Å². The summed E-state index contributed by atoms with van der Waals surface area (Å²) in [7, 11) is 0. The van der Waals surface area contributed by atoms with Crippen molar-refractivity contribution >= 4 is 0 Å². The maximum Gasteiger partial charge on any atom is 0.237 e. The normalized spacial score (nSPS) is 12.3. The molecule has 135 valence electrons. The Balaban J connectivity index is 0.000000339. The van der Waals surface area contributed by atoms with Crippen LogP contribution in [0.25, 0.3) is 22.9 Å². The summed E-state index contributed by atoms with van der Waals surface area (Å²) in [6, 6.07) is 20.3. The van der Waals surface area contributed by atoms with Gasteiger partial charge in [0.2, 0.25) is 5.89 Å². The zero-order valence-electron chi connectivity index (χ0n) is 14.1. The second-order valence-electron chi connectivity index (χ2n) is 5.49. The Morgan fingerprint density at radius 3 is 2.04 bits per heavy atom. The predicted octanol–water partition coefficient (Wildman–Crippen LogP) is 3.34. The molecule has 0 saturated carbocycles. The van der Waals surface area contributed by atoms with E-state index in [-0.39, 0.29) is 32.3 Å². The fourth-order valence-corrected chi connectivity index (χ4v) is 2.05. The van der Waals surface area contributed by atoms with Gasteiger partial charge in [0.05, 0.1) is 12.2 Å². The molecule has 2 unspecified atom stereocenters. The van der Waals surface area contributed by atoms with Crippen LogP contribution < -0.4 is 0 Å². The number of aliphatic hydroxyl groups is 2. The maximum atomic E-state index is 8.56. The topological polar surface area (TPSA) is 79.4 Å². The van der Waals surface area contributed by atoms with E-state index in [4.69, 9.17) is 14.6 Å². The Hall–Kier alpha value is -1.85. The molecule has 0 saturated heterocycles. The van der Waals surface area contributed by atoms with Crippen LogP contribution in [0.15, 0.2) is 59.0 Å². The minimum Gasteiger partial charge on any atom is -0.464 e. The molecule has 25 heavy (non-hydrogen) atoms. The molecular formula is C19H21IrN2O3-. The monoisotopic (exact) mass is 518 g/mol. The summed E-state index contributed by atoms with van der Waals surface area (Å²) in [4.78, 5) is 0. The second kappa shape index (κ2) is 10.9. The SMILES string of the molecule is CC(O)CC(C)O.[Ir].[c-]1ccccc1-c1nnc(-c2ccccc2)o1. The maximum absolute atomic E-state index is 8.56. The number of hydrogen-bond donors (Lipinski definition) is 2. The Morgan fingerprint density at radius 1 is 0.920 bits per heavy atom. The van der Waals surface area contributed by atoms with Gasteiger partial charge in [0.1, 0.15) is 0 Å². The summed E-state index contributed by atoms with van der Waals surface area (Å²) in [5.41, 5.74) is 1.73. The first-order valence-corrected chi connectivity index (χ1v) is 7.78. The molecule has 2 N–H and O–H groups in total. The molecule has 2 atom stereocenters. The number of aromatic nitrogens is 2. The Labute approximate surface area is 161 Å². The number of benzene rings is 2. The van der Waals surface area contributed by atoms with Gasteiger partial charge in [-0.1, -0.05) is 23.8 Å². The van der Waals surface area contributed by atoms with Crippen LogP contribution >= 0.6 is 0 Å². The average molecular weight is 518 g/mol. The molecule has 1 radical (unpaired) electrons. The minimum absolute atomic E-state index is 0. The van der Waals surface area contributed by atoms with E-state index in [0.717, 1.165) is 11.1 Å². The van der Waals surface area contributed by atoms with Crippen LogP contribution in [0.4, 0.5) is 0 Å².